The Balaban J connectivity index is 1.58. The number of amides is 2. The zero-order valence-electron chi connectivity index (χ0n) is 11.7. The summed E-state index contributed by atoms with van der Waals surface area (Å²) in [5.74, 6) is 1.41. The van der Waals surface area contributed by atoms with Crippen LogP contribution in [0.3, 0.4) is 0 Å². The second kappa shape index (κ2) is 6.41. The van der Waals surface area contributed by atoms with E-state index in [1.54, 1.807) is 4.90 Å². The van der Waals surface area contributed by atoms with Gasteiger partial charge in [-0.2, -0.15) is 0 Å². The van der Waals surface area contributed by atoms with Crippen molar-refractivity contribution in [2.45, 2.75) is 45.1 Å². The summed E-state index contributed by atoms with van der Waals surface area (Å²) < 4.78 is 5.55. The molecule has 0 aromatic carbocycles. The molecule has 18 heavy (non-hydrogen) atoms. The maximum absolute atomic E-state index is 11.9. The summed E-state index contributed by atoms with van der Waals surface area (Å²) in [4.78, 5) is 13.7. The molecule has 0 spiro atoms. The van der Waals surface area contributed by atoms with E-state index in [0.29, 0.717) is 25.1 Å². The van der Waals surface area contributed by atoms with E-state index < -0.39 is 0 Å². The molecular weight excluding hydrogens is 228 g/mol. The fourth-order valence-electron chi connectivity index (χ4n) is 2.47. The van der Waals surface area contributed by atoms with Gasteiger partial charge < -0.3 is 15.0 Å². The van der Waals surface area contributed by atoms with Crippen molar-refractivity contribution in [1.82, 2.24) is 10.2 Å². The van der Waals surface area contributed by atoms with E-state index in [9.17, 15) is 4.79 Å². The normalized spacial score (nSPS) is 27.2. The molecule has 2 rings (SSSR count). The van der Waals surface area contributed by atoms with Crippen LogP contribution in [0.4, 0.5) is 4.79 Å². The van der Waals surface area contributed by atoms with Crippen LogP contribution >= 0.6 is 0 Å². The molecule has 0 unspecified atom stereocenters. The van der Waals surface area contributed by atoms with Crippen LogP contribution in [-0.4, -0.2) is 43.8 Å². The number of carbonyl (C=O) groups is 1. The van der Waals surface area contributed by atoms with Crippen molar-refractivity contribution in [2.24, 2.45) is 11.8 Å². The Morgan fingerprint density at radius 2 is 2.11 bits per heavy atom. The Hall–Kier alpha value is -0.770. The van der Waals surface area contributed by atoms with Gasteiger partial charge in [0.25, 0.3) is 0 Å². The number of hydrogen-bond donors (Lipinski definition) is 1. The molecule has 4 nitrogen and oxygen atoms in total. The number of carbonyl (C=O) groups excluding carboxylic acids is 1. The zero-order valence-corrected chi connectivity index (χ0v) is 11.7. The summed E-state index contributed by atoms with van der Waals surface area (Å²) in [6, 6.07) is 0.413. The molecule has 2 saturated carbocycles. The van der Waals surface area contributed by atoms with Crippen molar-refractivity contribution < 1.29 is 9.53 Å². The Labute approximate surface area is 110 Å². The van der Waals surface area contributed by atoms with Crippen molar-refractivity contribution in [2.75, 3.05) is 26.8 Å². The van der Waals surface area contributed by atoms with Crippen LogP contribution in [0.15, 0.2) is 0 Å². The molecule has 2 aliphatic carbocycles. The second-order valence-electron chi connectivity index (χ2n) is 5.90. The molecule has 4 heteroatoms. The van der Waals surface area contributed by atoms with E-state index in [4.69, 9.17) is 4.74 Å². The summed E-state index contributed by atoms with van der Waals surface area (Å²) in [6.07, 6.45) is 6.23. The van der Waals surface area contributed by atoms with E-state index in [2.05, 4.69) is 12.2 Å². The fourth-order valence-corrected chi connectivity index (χ4v) is 2.47. The summed E-state index contributed by atoms with van der Waals surface area (Å²) in [6.45, 7) is 4.42. The van der Waals surface area contributed by atoms with E-state index >= 15 is 0 Å². The van der Waals surface area contributed by atoms with Crippen molar-refractivity contribution in [1.29, 1.82) is 0 Å². The van der Waals surface area contributed by atoms with Gasteiger partial charge in [-0.1, -0.05) is 13.3 Å². The molecule has 2 fully saturated rings. The highest BCUT2D eigenvalue weighted by Crippen LogP contribution is 2.28. The molecule has 104 valence electrons. The average Bonchev–Trinajstić information content (AvgIpc) is 3.09. The van der Waals surface area contributed by atoms with Gasteiger partial charge in [0.1, 0.15) is 0 Å². The van der Waals surface area contributed by atoms with E-state index in [1.165, 1.54) is 25.7 Å². The highest BCUT2D eigenvalue weighted by Gasteiger charge is 2.25. The Morgan fingerprint density at radius 3 is 2.72 bits per heavy atom. The molecule has 1 N–H and O–H groups in total. The molecule has 2 amide bonds. The predicted octanol–water partition coefficient (Wildman–Crippen LogP) is 2.24. The summed E-state index contributed by atoms with van der Waals surface area (Å²) >= 11 is 0. The Kier molecular flexibility index (Phi) is 4.87. The molecule has 0 aromatic rings. The molecular formula is C14H26N2O2. The van der Waals surface area contributed by atoms with Crippen LogP contribution < -0.4 is 5.32 Å². The van der Waals surface area contributed by atoms with Gasteiger partial charge in [0.05, 0.1) is 6.61 Å². The first kappa shape index (κ1) is 13.7. The lowest BCUT2D eigenvalue weighted by molar-refractivity contribution is 0.107. The minimum absolute atomic E-state index is 0.0452. The molecule has 0 aromatic heterocycles. The third-order valence-electron chi connectivity index (χ3n) is 4.14. The number of rotatable bonds is 6. The van der Waals surface area contributed by atoms with Gasteiger partial charge >= 0.3 is 6.03 Å². The molecule has 0 heterocycles. The van der Waals surface area contributed by atoms with Gasteiger partial charge in [-0.3, -0.25) is 0 Å². The van der Waals surface area contributed by atoms with Crippen molar-refractivity contribution in [3.8, 4) is 0 Å². The maximum Gasteiger partial charge on any atom is 0.317 e. The zero-order chi connectivity index (χ0) is 13.0. The number of nitrogens with zero attached hydrogens (tertiary/aromatic N) is 1. The predicted molar refractivity (Wildman–Crippen MR) is 71.5 cm³/mol. The summed E-state index contributed by atoms with van der Waals surface area (Å²) in [7, 11) is 1.84. The van der Waals surface area contributed by atoms with Gasteiger partial charge in [0, 0.05) is 26.2 Å². The minimum atomic E-state index is 0.0452. The molecule has 2 aliphatic rings. The van der Waals surface area contributed by atoms with Gasteiger partial charge in [-0.15, -0.1) is 0 Å². The number of hydrogen-bond acceptors (Lipinski definition) is 2. The highest BCUT2D eigenvalue weighted by molar-refractivity contribution is 5.74. The molecule has 0 radical (unpaired) electrons. The van der Waals surface area contributed by atoms with Crippen LogP contribution in [0, 0.1) is 11.8 Å². The van der Waals surface area contributed by atoms with Crippen LogP contribution in [0.5, 0.6) is 0 Å². The molecule has 0 saturated heterocycles. The Morgan fingerprint density at radius 1 is 1.33 bits per heavy atom. The quantitative estimate of drug-likeness (QED) is 0.739. The van der Waals surface area contributed by atoms with Crippen molar-refractivity contribution in [3.63, 3.8) is 0 Å². The van der Waals surface area contributed by atoms with E-state index in [0.717, 1.165) is 18.9 Å². The monoisotopic (exact) mass is 254 g/mol. The maximum atomic E-state index is 11.9. The third kappa shape index (κ3) is 4.16. The minimum Gasteiger partial charge on any atom is -0.379 e. The van der Waals surface area contributed by atoms with Crippen molar-refractivity contribution >= 4 is 6.03 Å². The number of nitrogens with one attached hydrogen (secondary N) is 1. The lowest BCUT2D eigenvalue weighted by Gasteiger charge is -2.23. The molecule has 0 bridgehead atoms. The number of urea groups is 1. The van der Waals surface area contributed by atoms with Crippen LogP contribution in [0.2, 0.25) is 0 Å². The SMILES string of the molecule is C[C@H]1CCC[C@@H]1NC(=O)N(C)CCOCC1CC1. The smallest absolute Gasteiger partial charge is 0.317 e. The van der Waals surface area contributed by atoms with Gasteiger partial charge in [0.2, 0.25) is 0 Å². The first-order chi connectivity index (χ1) is 8.66. The highest BCUT2D eigenvalue weighted by atomic mass is 16.5. The van der Waals surface area contributed by atoms with Crippen molar-refractivity contribution in [3.05, 3.63) is 0 Å². The van der Waals surface area contributed by atoms with E-state index in [-0.39, 0.29) is 6.03 Å². The summed E-state index contributed by atoms with van der Waals surface area (Å²) in [5, 5.41) is 3.12. The van der Waals surface area contributed by atoms with Crippen LogP contribution in [-0.2, 0) is 4.74 Å². The lowest BCUT2D eigenvalue weighted by Crippen LogP contribution is -2.45. The second-order valence-corrected chi connectivity index (χ2v) is 5.90. The molecule has 0 aliphatic heterocycles. The number of ether oxygens (including phenoxy) is 1. The third-order valence-corrected chi connectivity index (χ3v) is 4.14. The summed E-state index contributed by atoms with van der Waals surface area (Å²) in [5.41, 5.74) is 0. The topological polar surface area (TPSA) is 41.6 Å². The Bertz CT molecular complexity index is 279. The van der Waals surface area contributed by atoms with Crippen LogP contribution in [0.1, 0.15) is 39.0 Å². The average molecular weight is 254 g/mol. The van der Waals surface area contributed by atoms with Gasteiger partial charge in [-0.25, -0.2) is 4.79 Å². The van der Waals surface area contributed by atoms with Crippen LogP contribution in [0.25, 0.3) is 0 Å². The standard InChI is InChI=1S/C14H26N2O2/c1-11-4-3-5-13(11)15-14(17)16(2)8-9-18-10-12-6-7-12/h11-13H,3-10H2,1-2H3,(H,15,17)/t11-,13-/m0/s1. The lowest BCUT2D eigenvalue weighted by atomic mass is 10.1. The van der Waals surface area contributed by atoms with E-state index in [1.807, 2.05) is 7.05 Å². The fraction of sp³-hybridized carbons (Fsp3) is 0.929. The molecule has 2 atom stereocenters. The number of likely N-dealkylation sites (N-methyl/N-ethyl adjacent to an activating group) is 1. The first-order valence-electron chi connectivity index (χ1n) is 7.26. The van der Waals surface area contributed by atoms with Gasteiger partial charge in [0.15, 0.2) is 0 Å². The first-order valence-corrected chi connectivity index (χ1v) is 7.26. The largest absolute Gasteiger partial charge is 0.379 e. The van der Waals surface area contributed by atoms with Gasteiger partial charge in [-0.05, 0) is 37.5 Å².